The molecule has 0 aliphatic rings. The number of benzene rings is 1. The summed E-state index contributed by atoms with van der Waals surface area (Å²) in [6, 6.07) is 9.70. The van der Waals surface area contributed by atoms with Gasteiger partial charge in [-0.3, -0.25) is 0 Å². The summed E-state index contributed by atoms with van der Waals surface area (Å²) in [5, 5.41) is 12.3. The van der Waals surface area contributed by atoms with E-state index in [1.165, 1.54) is 0 Å². The van der Waals surface area contributed by atoms with Gasteiger partial charge in [0.15, 0.2) is 0 Å². The largest absolute Gasteiger partial charge is 0.339 e. The van der Waals surface area contributed by atoms with Crippen LogP contribution in [0.25, 0.3) is 11.4 Å². The monoisotopic (exact) mass is 277 g/mol. The van der Waals surface area contributed by atoms with Gasteiger partial charge < -0.3 is 4.52 Å². The summed E-state index contributed by atoms with van der Waals surface area (Å²) in [6.45, 7) is 0. The molecular weight excluding hydrogens is 270 g/mol. The van der Waals surface area contributed by atoms with Gasteiger partial charge in [-0.2, -0.15) is 10.2 Å². The molecule has 2 rings (SSSR count). The van der Waals surface area contributed by atoms with Crippen molar-refractivity contribution in [3.8, 4) is 17.5 Å². The molecule has 4 nitrogen and oxygen atoms in total. The number of rotatable bonds is 3. The first kappa shape index (κ1) is 10.8. The van der Waals surface area contributed by atoms with E-state index in [1.54, 1.807) is 0 Å². The number of aryl methyl sites for hydroxylation is 1. The Hall–Kier alpha value is -1.67. The third-order valence-electron chi connectivity index (χ3n) is 2.00. The van der Waals surface area contributed by atoms with Crippen LogP contribution in [0.4, 0.5) is 0 Å². The molecule has 0 spiro atoms. The van der Waals surface area contributed by atoms with Gasteiger partial charge in [-0.1, -0.05) is 33.2 Å². The molecule has 80 valence electrons. The molecular formula is C11H8BrN3O. The first-order chi connectivity index (χ1) is 7.79. The summed E-state index contributed by atoms with van der Waals surface area (Å²) in [6.07, 6.45) is 0.887. The molecule has 0 fully saturated rings. The van der Waals surface area contributed by atoms with Gasteiger partial charge in [-0.15, -0.1) is 0 Å². The molecule has 0 saturated heterocycles. The van der Waals surface area contributed by atoms with Crippen LogP contribution in [0.2, 0.25) is 0 Å². The molecule has 1 aromatic carbocycles. The number of hydrogen-bond donors (Lipinski definition) is 0. The van der Waals surface area contributed by atoms with E-state index < -0.39 is 0 Å². The molecule has 1 heterocycles. The molecule has 16 heavy (non-hydrogen) atoms. The van der Waals surface area contributed by atoms with Crippen LogP contribution in [-0.2, 0) is 6.42 Å². The average molecular weight is 278 g/mol. The van der Waals surface area contributed by atoms with Gasteiger partial charge >= 0.3 is 0 Å². The summed E-state index contributed by atoms with van der Waals surface area (Å²) in [7, 11) is 0. The van der Waals surface area contributed by atoms with E-state index in [0.29, 0.717) is 24.6 Å². The van der Waals surface area contributed by atoms with Crippen LogP contribution in [-0.4, -0.2) is 10.1 Å². The van der Waals surface area contributed by atoms with Crippen LogP contribution in [0.5, 0.6) is 0 Å². The maximum absolute atomic E-state index is 8.44. The van der Waals surface area contributed by atoms with Gasteiger partial charge in [-0.05, 0) is 12.1 Å². The molecule has 1 aromatic heterocycles. The summed E-state index contributed by atoms with van der Waals surface area (Å²) in [5.74, 6) is 1.05. The lowest BCUT2D eigenvalue weighted by Crippen LogP contribution is -1.84. The minimum atomic E-state index is 0.389. The van der Waals surface area contributed by atoms with E-state index in [4.69, 9.17) is 9.78 Å². The molecule has 0 aliphatic heterocycles. The first-order valence-electron chi connectivity index (χ1n) is 4.75. The van der Waals surface area contributed by atoms with Gasteiger partial charge in [0.2, 0.25) is 11.7 Å². The summed E-state index contributed by atoms with van der Waals surface area (Å²) < 4.78 is 6.00. The average Bonchev–Trinajstić information content (AvgIpc) is 2.75. The summed E-state index contributed by atoms with van der Waals surface area (Å²) in [5.41, 5.74) is 0.890. The Morgan fingerprint density at radius 2 is 2.31 bits per heavy atom. The van der Waals surface area contributed by atoms with Crippen LogP contribution >= 0.6 is 15.9 Å². The summed E-state index contributed by atoms with van der Waals surface area (Å²) in [4.78, 5) is 4.21. The number of nitrogens with zero attached hydrogens (tertiary/aromatic N) is 3. The predicted octanol–water partition coefficient (Wildman–Crippen LogP) is 2.96. The van der Waals surface area contributed by atoms with Gasteiger partial charge in [0, 0.05) is 22.9 Å². The van der Waals surface area contributed by atoms with Crippen molar-refractivity contribution in [1.29, 1.82) is 5.26 Å². The van der Waals surface area contributed by atoms with Crippen LogP contribution < -0.4 is 0 Å². The van der Waals surface area contributed by atoms with E-state index in [2.05, 4.69) is 26.1 Å². The second kappa shape index (κ2) is 4.90. The molecule has 0 aliphatic carbocycles. The van der Waals surface area contributed by atoms with Crippen molar-refractivity contribution >= 4 is 15.9 Å². The second-order valence-corrected chi connectivity index (χ2v) is 4.10. The van der Waals surface area contributed by atoms with Gasteiger partial charge in [0.05, 0.1) is 6.07 Å². The Labute approximate surface area is 101 Å². The maximum Gasteiger partial charge on any atom is 0.227 e. The molecule has 0 amide bonds. The maximum atomic E-state index is 8.44. The third-order valence-corrected chi connectivity index (χ3v) is 2.49. The molecule has 5 heteroatoms. The zero-order valence-electron chi connectivity index (χ0n) is 8.35. The van der Waals surface area contributed by atoms with Gasteiger partial charge in [-0.25, -0.2) is 0 Å². The van der Waals surface area contributed by atoms with E-state index in [1.807, 2.05) is 30.3 Å². The SMILES string of the molecule is N#CCCc1nc(-c2cccc(Br)c2)no1. The molecule has 0 saturated carbocycles. The van der Waals surface area contributed by atoms with Crippen LogP contribution in [0.15, 0.2) is 33.3 Å². The lowest BCUT2D eigenvalue weighted by Gasteiger charge is -1.93. The lowest BCUT2D eigenvalue weighted by atomic mass is 10.2. The molecule has 0 bridgehead atoms. The zero-order chi connectivity index (χ0) is 11.4. The minimum Gasteiger partial charge on any atom is -0.339 e. The van der Waals surface area contributed by atoms with E-state index in [-0.39, 0.29) is 0 Å². The molecule has 0 radical (unpaired) electrons. The Morgan fingerprint density at radius 3 is 3.06 bits per heavy atom. The highest BCUT2D eigenvalue weighted by atomic mass is 79.9. The second-order valence-electron chi connectivity index (χ2n) is 3.18. The van der Waals surface area contributed by atoms with Crippen molar-refractivity contribution in [2.24, 2.45) is 0 Å². The summed E-state index contributed by atoms with van der Waals surface area (Å²) >= 11 is 3.38. The quantitative estimate of drug-likeness (QED) is 0.865. The van der Waals surface area contributed by atoms with Crippen molar-refractivity contribution < 1.29 is 4.52 Å². The zero-order valence-corrected chi connectivity index (χ0v) is 9.94. The molecule has 0 atom stereocenters. The third kappa shape index (κ3) is 2.47. The predicted molar refractivity (Wildman–Crippen MR) is 61.4 cm³/mol. The Kier molecular flexibility index (Phi) is 3.32. The van der Waals surface area contributed by atoms with Gasteiger partial charge in [0.1, 0.15) is 0 Å². The fraction of sp³-hybridized carbons (Fsp3) is 0.182. The number of halogens is 1. The molecule has 0 N–H and O–H groups in total. The Bertz CT molecular complexity index is 530. The van der Waals surface area contributed by atoms with E-state index in [0.717, 1.165) is 10.0 Å². The Balaban J connectivity index is 2.22. The molecule has 2 aromatic rings. The van der Waals surface area contributed by atoms with E-state index >= 15 is 0 Å². The Morgan fingerprint density at radius 1 is 1.44 bits per heavy atom. The van der Waals surface area contributed by atoms with Crippen molar-refractivity contribution in [2.45, 2.75) is 12.8 Å². The fourth-order valence-corrected chi connectivity index (χ4v) is 1.66. The fourth-order valence-electron chi connectivity index (χ4n) is 1.26. The topological polar surface area (TPSA) is 62.7 Å². The van der Waals surface area contributed by atoms with Crippen LogP contribution in [0.3, 0.4) is 0 Å². The van der Waals surface area contributed by atoms with Crippen LogP contribution in [0, 0.1) is 11.3 Å². The standard InChI is InChI=1S/C11H8BrN3O/c12-9-4-1-3-8(7-9)11-14-10(16-15-11)5-2-6-13/h1,3-4,7H,2,5H2. The highest BCUT2D eigenvalue weighted by Crippen LogP contribution is 2.20. The highest BCUT2D eigenvalue weighted by Gasteiger charge is 2.08. The number of nitriles is 1. The van der Waals surface area contributed by atoms with Gasteiger partial charge in [0.25, 0.3) is 0 Å². The van der Waals surface area contributed by atoms with Crippen molar-refractivity contribution in [3.63, 3.8) is 0 Å². The number of aromatic nitrogens is 2. The van der Waals surface area contributed by atoms with Crippen molar-refractivity contribution in [2.75, 3.05) is 0 Å². The molecule has 0 unspecified atom stereocenters. The minimum absolute atomic E-state index is 0.389. The highest BCUT2D eigenvalue weighted by molar-refractivity contribution is 9.10. The smallest absolute Gasteiger partial charge is 0.227 e. The normalized spacial score (nSPS) is 10.0. The number of hydrogen-bond acceptors (Lipinski definition) is 4. The van der Waals surface area contributed by atoms with Crippen LogP contribution in [0.1, 0.15) is 12.3 Å². The van der Waals surface area contributed by atoms with Crippen molar-refractivity contribution in [3.05, 3.63) is 34.6 Å². The first-order valence-corrected chi connectivity index (χ1v) is 5.54. The van der Waals surface area contributed by atoms with E-state index in [9.17, 15) is 0 Å². The van der Waals surface area contributed by atoms with Crippen molar-refractivity contribution in [1.82, 2.24) is 10.1 Å². The lowest BCUT2D eigenvalue weighted by molar-refractivity contribution is 0.380.